The third-order valence-corrected chi connectivity index (χ3v) is 4.24. The second-order valence-electron chi connectivity index (χ2n) is 4.74. The minimum atomic E-state index is -3.57. The van der Waals surface area contributed by atoms with Gasteiger partial charge in [-0.15, -0.1) is 0 Å². The fraction of sp³-hybridized carbons (Fsp3) is 0.188. The lowest BCUT2D eigenvalue weighted by Gasteiger charge is -2.03. The largest absolute Gasteiger partial charge is 0.276 e. The van der Waals surface area contributed by atoms with Crippen LogP contribution in [0.3, 0.4) is 0 Å². The molecule has 0 spiro atoms. The molecule has 0 fully saturated rings. The van der Waals surface area contributed by atoms with Gasteiger partial charge < -0.3 is 0 Å². The summed E-state index contributed by atoms with van der Waals surface area (Å²) in [7, 11) is -3.57. The van der Waals surface area contributed by atoms with Crippen molar-refractivity contribution in [1.29, 1.82) is 0 Å². The number of hydrazone groups is 1. The lowest BCUT2D eigenvalue weighted by molar-refractivity contribution is 0.584. The third-order valence-electron chi connectivity index (χ3n) is 3.00. The number of nitrogens with zero attached hydrogens (tertiary/aromatic N) is 1. The molecule has 2 aromatic carbocycles. The third kappa shape index (κ3) is 4.72. The van der Waals surface area contributed by atoms with E-state index in [0.717, 1.165) is 12.0 Å². The smallest absolute Gasteiger partial charge is 0.200 e. The maximum atomic E-state index is 12.0. The lowest BCUT2D eigenvalue weighted by Crippen LogP contribution is -2.18. The van der Waals surface area contributed by atoms with Crippen molar-refractivity contribution in [3.8, 4) is 0 Å². The van der Waals surface area contributed by atoms with E-state index in [4.69, 9.17) is 0 Å². The van der Waals surface area contributed by atoms with Gasteiger partial charge in [-0.2, -0.15) is 13.5 Å². The Morgan fingerprint density at radius 3 is 2.38 bits per heavy atom. The van der Waals surface area contributed by atoms with Crippen molar-refractivity contribution in [2.24, 2.45) is 5.10 Å². The lowest BCUT2D eigenvalue weighted by atomic mass is 10.1. The summed E-state index contributed by atoms with van der Waals surface area (Å²) >= 11 is 0. The first-order valence-corrected chi connectivity index (χ1v) is 8.20. The minimum Gasteiger partial charge on any atom is -0.200 e. The second-order valence-corrected chi connectivity index (χ2v) is 6.40. The van der Waals surface area contributed by atoms with Gasteiger partial charge in [0.05, 0.1) is 4.90 Å². The fourth-order valence-electron chi connectivity index (χ4n) is 1.82. The van der Waals surface area contributed by atoms with Gasteiger partial charge in [0.25, 0.3) is 10.0 Å². The standard InChI is InChI=1S/C16H18N2O2S/c1-14-9-11-16(12-10-14)21(19,20)18-17-13-5-8-15-6-3-2-4-7-15/h2-4,6-7,9-13,18H,5,8H2,1H3/b17-13+. The molecule has 0 saturated carbocycles. The Hall–Kier alpha value is -2.14. The topological polar surface area (TPSA) is 58.5 Å². The van der Waals surface area contributed by atoms with Gasteiger partial charge in [0.2, 0.25) is 0 Å². The number of rotatable bonds is 6. The highest BCUT2D eigenvalue weighted by atomic mass is 32.2. The molecule has 0 saturated heterocycles. The monoisotopic (exact) mass is 302 g/mol. The molecule has 4 nitrogen and oxygen atoms in total. The van der Waals surface area contributed by atoms with Crippen LogP contribution in [0, 0.1) is 6.92 Å². The molecule has 2 rings (SSSR count). The molecule has 0 aromatic heterocycles. The van der Waals surface area contributed by atoms with Gasteiger partial charge in [-0.1, -0.05) is 48.0 Å². The van der Waals surface area contributed by atoms with E-state index in [1.165, 1.54) is 5.56 Å². The number of sulfonamides is 1. The van der Waals surface area contributed by atoms with Gasteiger partial charge in [0.15, 0.2) is 0 Å². The van der Waals surface area contributed by atoms with E-state index < -0.39 is 10.0 Å². The van der Waals surface area contributed by atoms with Crippen LogP contribution in [-0.2, 0) is 16.4 Å². The quantitative estimate of drug-likeness (QED) is 0.659. The average molecular weight is 302 g/mol. The molecule has 0 unspecified atom stereocenters. The highest BCUT2D eigenvalue weighted by Gasteiger charge is 2.11. The van der Waals surface area contributed by atoms with Crippen LogP contribution in [0.4, 0.5) is 0 Å². The van der Waals surface area contributed by atoms with Crippen LogP contribution in [0.1, 0.15) is 17.5 Å². The summed E-state index contributed by atoms with van der Waals surface area (Å²) < 4.78 is 23.9. The molecule has 0 heterocycles. The summed E-state index contributed by atoms with van der Waals surface area (Å²) in [5.74, 6) is 0. The number of nitrogens with one attached hydrogen (secondary N) is 1. The maximum absolute atomic E-state index is 12.0. The highest BCUT2D eigenvalue weighted by molar-refractivity contribution is 7.89. The normalized spacial score (nSPS) is 11.7. The van der Waals surface area contributed by atoms with Crippen molar-refractivity contribution < 1.29 is 8.42 Å². The van der Waals surface area contributed by atoms with Crippen molar-refractivity contribution in [3.63, 3.8) is 0 Å². The van der Waals surface area contributed by atoms with Crippen LogP contribution >= 0.6 is 0 Å². The molecule has 21 heavy (non-hydrogen) atoms. The Balaban J connectivity index is 1.87. The Morgan fingerprint density at radius 2 is 1.71 bits per heavy atom. The molecule has 2 aromatic rings. The Morgan fingerprint density at radius 1 is 1.05 bits per heavy atom. The first-order valence-electron chi connectivity index (χ1n) is 6.72. The molecule has 5 heteroatoms. The Bertz CT molecular complexity index is 693. The van der Waals surface area contributed by atoms with Crippen LogP contribution in [0.5, 0.6) is 0 Å². The summed E-state index contributed by atoms with van der Waals surface area (Å²) in [6.45, 7) is 1.91. The van der Waals surface area contributed by atoms with Crippen molar-refractivity contribution in [3.05, 3.63) is 65.7 Å². The van der Waals surface area contributed by atoms with E-state index in [9.17, 15) is 8.42 Å². The van der Waals surface area contributed by atoms with Gasteiger partial charge in [0.1, 0.15) is 0 Å². The molecule has 0 aliphatic heterocycles. The summed E-state index contributed by atoms with van der Waals surface area (Å²) in [5, 5.41) is 3.79. The van der Waals surface area contributed by atoms with E-state index in [-0.39, 0.29) is 4.90 Å². The van der Waals surface area contributed by atoms with Gasteiger partial charge >= 0.3 is 0 Å². The van der Waals surface area contributed by atoms with E-state index in [0.29, 0.717) is 6.42 Å². The predicted molar refractivity (Wildman–Crippen MR) is 84.8 cm³/mol. The molecule has 0 radical (unpaired) electrons. The van der Waals surface area contributed by atoms with E-state index in [2.05, 4.69) is 9.93 Å². The number of aryl methyl sites for hydroxylation is 2. The average Bonchev–Trinajstić information content (AvgIpc) is 2.48. The van der Waals surface area contributed by atoms with Gasteiger partial charge in [-0.3, -0.25) is 0 Å². The summed E-state index contributed by atoms with van der Waals surface area (Å²) in [5.41, 5.74) is 2.21. The van der Waals surface area contributed by atoms with Crippen LogP contribution in [0.2, 0.25) is 0 Å². The Kier molecular flexibility index (Phi) is 5.11. The molecule has 1 N–H and O–H groups in total. The molecule has 0 aliphatic rings. The van der Waals surface area contributed by atoms with Crippen molar-refractivity contribution >= 4 is 16.2 Å². The first-order chi connectivity index (χ1) is 10.1. The molecular formula is C16H18N2O2S. The summed E-state index contributed by atoms with van der Waals surface area (Å²) in [6.07, 6.45) is 3.09. The van der Waals surface area contributed by atoms with Gasteiger partial charge in [-0.05, 0) is 37.5 Å². The van der Waals surface area contributed by atoms with Crippen LogP contribution in [-0.4, -0.2) is 14.6 Å². The van der Waals surface area contributed by atoms with E-state index >= 15 is 0 Å². The minimum absolute atomic E-state index is 0.216. The van der Waals surface area contributed by atoms with E-state index in [1.54, 1.807) is 30.5 Å². The van der Waals surface area contributed by atoms with Crippen molar-refractivity contribution in [1.82, 2.24) is 4.83 Å². The van der Waals surface area contributed by atoms with Crippen LogP contribution < -0.4 is 4.83 Å². The molecule has 0 bridgehead atoms. The fourth-order valence-corrected chi connectivity index (χ4v) is 2.63. The summed E-state index contributed by atoms with van der Waals surface area (Å²) in [4.78, 5) is 2.44. The second kappa shape index (κ2) is 7.04. The zero-order valence-electron chi connectivity index (χ0n) is 11.9. The van der Waals surface area contributed by atoms with Gasteiger partial charge in [0, 0.05) is 6.21 Å². The maximum Gasteiger partial charge on any atom is 0.276 e. The molecule has 110 valence electrons. The van der Waals surface area contributed by atoms with Gasteiger partial charge in [-0.25, -0.2) is 4.83 Å². The summed E-state index contributed by atoms with van der Waals surface area (Å²) in [6, 6.07) is 16.6. The molecule has 0 aliphatic carbocycles. The zero-order valence-corrected chi connectivity index (χ0v) is 12.7. The van der Waals surface area contributed by atoms with E-state index in [1.807, 2.05) is 37.3 Å². The SMILES string of the molecule is Cc1ccc(S(=O)(=O)N/N=C/CCc2ccccc2)cc1. The number of hydrogen-bond donors (Lipinski definition) is 1. The van der Waals surface area contributed by atoms with Crippen molar-refractivity contribution in [2.45, 2.75) is 24.7 Å². The molecular weight excluding hydrogens is 284 g/mol. The van der Waals surface area contributed by atoms with Crippen molar-refractivity contribution in [2.75, 3.05) is 0 Å². The first kappa shape index (κ1) is 15.3. The number of benzene rings is 2. The number of hydrogen-bond acceptors (Lipinski definition) is 3. The van der Waals surface area contributed by atoms with Crippen LogP contribution in [0.25, 0.3) is 0 Å². The highest BCUT2D eigenvalue weighted by Crippen LogP contribution is 2.09. The predicted octanol–water partition coefficient (Wildman–Crippen LogP) is 2.89. The molecule has 0 amide bonds. The van der Waals surface area contributed by atoms with Crippen LogP contribution in [0.15, 0.2) is 64.6 Å². The molecule has 0 atom stereocenters. The Labute approximate surface area is 125 Å². The zero-order chi connectivity index (χ0) is 15.1.